The van der Waals surface area contributed by atoms with E-state index in [0.29, 0.717) is 18.7 Å². The number of hydrogen-bond acceptors (Lipinski definition) is 16. The molecule has 1 aliphatic carbocycles. The molecule has 1 amide bonds. The number of aliphatic hydroxyl groups is 1. The van der Waals surface area contributed by atoms with Crippen molar-refractivity contribution in [2.24, 2.45) is 16.6 Å². The van der Waals surface area contributed by atoms with E-state index in [2.05, 4.69) is 37.8 Å². The van der Waals surface area contributed by atoms with Crippen LogP contribution in [-0.2, 0) is 44.0 Å². The number of carbonyl (C=O) groups excluding carboxylic acids is 1. The van der Waals surface area contributed by atoms with Gasteiger partial charge in [-0.25, -0.2) is 14.5 Å². The van der Waals surface area contributed by atoms with Gasteiger partial charge in [0.2, 0.25) is 5.88 Å². The van der Waals surface area contributed by atoms with Crippen LogP contribution in [0.4, 0.5) is 0 Å². The molecule has 4 fully saturated rings. The van der Waals surface area contributed by atoms with E-state index >= 15 is 0 Å². The molecular weight excluding hydrogens is 624 g/mol. The third-order valence-corrected chi connectivity index (χ3v) is 10.5. The van der Waals surface area contributed by atoms with E-state index in [1.165, 1.54) is 17.6 Å². The van der Waals surface area contributed by atoms with E-state index in [-0.39, 0.29) is 19.3 Å². The first kappa shape index (κ1) is 29.7. The molecule has 5 aliphatic rings. The molecule has 41 heavy (non-hydrogen) atoms. The van der Waals surface area contributed by atoms with Crippen LogP contribution >= 0.6 is 25.8 Å². The predicted octanol–water partition coefficient (Wildman–Crippen LogP) is -1.21. The molecule has 12 atom stereocenters. The molecule has 5 unspecified atom stereocenters. The van der Waals surface area contributed by atoms with Gasteiger partial charge in [-0.3, -0.25) is 25.4 Å². The Hall–Kier alpha value is -1.31. The lowest BCUT2D eigenvalue weighted by Crippen LogP contribution is -2.70. The standard InChI is InChI=1S/C20H29N7O10P2S2/c21-20-25-17-14(18(29)26-20)24-8-27(17)19-16-15(28)12(35-19)6-33-38(30,40)36-11-4-10(34-13-1-2-22-7-23-13)3-9(11)5-32-39(31,41)37-16/h1-2,7-12,14-17,19-20,25,28H,3-6,21H2,(H,26,29)(H,30,40)(H,31,41)/t9-,10-,11+,12-,14?,15-,16-,17?,19-,20?,38?,39?/m1/s1. The first-order valence-electron chi connectivity index (χ1n) is 12.7. The lowest BCUT2D eigenvalue weighted by molar-refractivity contribution is -0.130. The topological polar surface area (TPSA) is 221 Å². The molecular formula is C20H29N7O10P2S2. The Morgan fingerprint density at radius 1 is 1.24 bits per heavy atom. The van der Waals surface area contributed by atoms with Crippen LogP contribution in [0, 0.1) is 5.92 Å². The third-order valence-electron chi connectivity index (χ3n) is 7.31. The zero-order valence-corrected chi connectivity index (χ0v) is 24.7. The Bertz CT molecular complexity index is 1270. The van der Waals surface area contributed by atoms with Gasteiger partial charge in [0.1, 0.15) is 43.2 Å². The van der Waals surface area contributed by atoms with E-state index in [0.717, 1.165) is 0 Å². The summed E-state index contributed by atoms with van der Waals surface area (Å²) in [6, 6.07) is 0.749. The van der Waals surface area contributed by atoms with Gasteiger partial charge in [0.15, 0.2) is 12.3 Å². The van der Waals surface area contributed by atoms with Crippen LogP contribution in [0.2, 0.25) is 0 Å². The number of amides is 1. The number of fused-ring (bicyclic) bond motifs is 4. The molecule has 1 saturated carbocycles. The molecule has 4 aliphatic heterocycles. The molecule has 5 heterocycles. The molecule has 21 heteroatoms. The van der Waals surface area contributed by atoms with Crippen LogP contribution in [0.5, 0.6) is 5.88 Å². The number of nitrogens with two attached hydrogens (primary N) is 1. The van der Waals surface area contributed by atoms with Crippen molar-refractivity contribution in [1.29, 1.82) is 0 Å². The van der Waals surface area contributed by atoms with E-state index in [4.69, 9.17) is 45.1 Å². The maximum absolute atomic E-state index is 13.4. The molecule has 0 aromatic carbocycles. The number of nitrogens with one attached hydrogen (secondary N) is 2. The second kappa shape index (κ2) is 11.6. The lowest BCUT2D eigenvalue weighted by atomic mass is 10.1. The molecule has 0 radical (unpaired) electrons. The van der Waals surface area contributed by atoms with Gasteiger partial charge in [-0.1, -0.05) is 12.2 Å². The summed E-state index contributed by atoms with van der Waals surface area (Å²) in [4.78, 5) is 36.9. The average molecular weight is 654 g/mol. The summed E-state index contributed by atoms with van der Waals surface area (Å²) in [6.07, 6.45) is -2.69. The number of aliphatic hydroxyl groups excluding tert-OH is 1. The normalized spacial score (nSPS) is 46.5. The summed E-state index contributed by atoms with van der Waals surface area (Å²) in [6.45, 7) is -8.51. The molecule has 1 aromatic heterocycles. The largest absolute Gasteiger partial charge is 0.474 e. The Balaban J connectivity index is 1.22. The van der Waals surface area contributed by atoms with Crippen molar-refractivity contribution in [2.75, 3.05) is 13.2 Å². The van der Waals surface area contributed by atoms with Gasteiger partial charge in [0.25, 0.3) is 5.91 Å². The number of nitrogens with zero attached hydrogens (tertiary/aromatic N) is 4. The van der Waals surface area contributed by atoms with Gasteiger partial charge in [-0.05, 0) is 18.2 Å². The molecule has 0 spiro atoms. The zero-order valence-electron chi connectivity index (χ0n) is 21.2. The predicted molar refractivity (Wildman–Crippen MR) is 146 cm³/mol. The van der Waals surface area contributed by atoms with Gasteiger partial charge >= 0.3 is 13.5 Å². The van der Waals surface area contributed by atoms with Gasteiger partial charge < -0.3 is 43.3 Å². The fraction of sp³-hybridized carbons (Fsp3) is 0.700. The molecule has 17 nitrogen and oxygen atoms in total. The van der Waals surface area contributed by atoms with Crippen molar-refractivity contribution in [3.8, 4) is 5.88 Å². The van der Waals surface area contributed by atoms with E-state index < -0.39 is 74.5 Å². The van der Waals surface area contributed by atoms with Gasteiger partial charge in [0.05, 0.1) is 25.7 Å². The minimum absolute atomic E-state index is 0.158. The Kier molecular flexibility index (Phi) is 8.45. The summed E-state index contributed by atoms with van der Waals surface area (Å²) in [5, 5.41) is 16.6. The second-order valence-corrected chi connectivity index (χ2v) is 15.7. The number of ether oxygens (including phenoxy) is 2. The molecule has 6 N–H and O–H groups in total. The van der Waals surface area contributed by atoms with Crippen LogP contribution in [0.15, 0.2) is 23.6 Å². The van der Waals surface area contributed by atoms with Gasteiger partial charge in [-0.2, -0.15) is 0 Å². The summed E-state index contributed by atoms with van der Waals surface area (Å²) in [7, 11) is 0. The summed E-state index contributed by atoms with van der Waals surface area (Å²) in [5.74, 6) is -0.487. The quantitative estimate of drug-likeness (QED) is 0.166. The van der Waals surface area contributed by atoms with Crippen molar-refractivity contribution in [2.45, 2.75) is 68.1 Å². The fourth-order valence-corrected chi connectivity index (χ4v) is 8.47. The van der Waals surface area contributed by atoms with Crippen LogP contribution < -0.4 is 21.1 Å². The maximum Gasteiger partial charge on any atom is 0.386 e. The Morgan fingerprint density at radius 3 is 2.85 bits per heavy atom. The highest BCUT2D eigenvalue weighted by Crippen LogP contribution is 2.58. The minimum Gasteiger partial charge on any atom is -0.474 e. The smallest absolute Gasteiger partial charge is 0.386 e. The fourth-order valence-electron chi connectivity index (χ4n) is 5.45. The highest BCUT2D eigenvalue weighted by atomic mass is 32.7. The van der Waals surface area contributed by atoms with Crippen molar-refractivity contribution >= 4 is 49.8 Å². The summed E-state index contributed by atoms with van der Waals surface area (Å²) < 4.78 is 48.2. The molecule has 6 rings (SSSR count). The van der Waals surface area contributed by atoms with Crippen LogP contribution in [0.1, 0.15) is 12.8 Å². The van der Waals surface area contributed by atoms with Crippen LogP contribution in [-0.4, -0.2) is 106 Å². The highest BCUT2D eigenvalue weighted by Gasteiger charge is 2.55. The van der Waals surface area contributed by atoms with Crippen molar-refractivity contribution in [3.63, 3.8) is 0 Å². The SMILES string of the molecule is NC1NC(=O)C2N=CN([C@@H]3O[C@@H]4COP(O)(=S)O[C@H]5C[C@H](Oc6ccncn6)C[C@@H]5COP(=O)(S)O[C@@H]3[C@@H]4O)C2N1. The van der Waals surface area contributed by atoms with Gasteiger partial charge in [-0.15, -0.1) is 0 Å². The Morgan fingerprint density at radius 2 is 2.07 bits per heavy atom. The number of aliphatic imine (C=N–C) groups is 1. The van der Waals surface area contributed by atoms with E-state index in [9.17, 15) is 19.4 Å². The first-order valence-corrected chi connectivity index (χ1v) is 18.0. The number of rotatable bonds is 3. The monoisotopic (exact) mass is 653 g/mol. The van der Waals surface area contributed by atoms with Crippen molar-refractivity contribution in [3.05, 3.63) is 18.6 Å². The van der Waals surface area contributed by atoms with Crippen LogP contribution in [0.25, 0.3) is 0 Å². The molecule has 2 bridgehead atoms. The zero-order chi connectivity index (χ0) is 28.9. The molecule has 226 valence electrons. The Labute approximate surface area is 244 Å². The number of carbonyl (C=O) groups is 1. The van der Waals surface area contributed by atoms with Crippen molar-refractivity contribution in [1.82, 2.24) is 25.5 Å². The highest BCUT2D eigenvalue weighted by molar-refractivity contribution is 8.44. The molecule has 1 aromatic rings. The minimum atomic E-state index is -4.12. The average Bonchev–Trinajstić information content (AvgIpc) is 3.57. The lowest BCUT2D eigenvalue weighted by Gasteiger charge is -2.39. The third kappa shape index (κ3) is 6.47. The second-order valence-electron chi connectivity index (χ2n) is 10.1. The molecule has 3 saturated heterocycles. The van der Waals surface area contributed by atoms with E-state index in [1.807, 2.05) is 0 Å². The number of aromatic nitrogens is 2. The van der Waals surface area contributed by atoms with Gasteiger partial charge in [0, 0.05) is 24.6 Å². The maximum atomic E-state index is 13.4. The summed E-state index contributed by atoms with van der Waals surface area (Å²) in [5.41, 5.74) is 5.88. The first-order chi connectivity index (χ1) is 19.5. The van der Waals surface area contributed by atoms with Crippen LogP contribution in [0.3, 0.4) is 0 Å². The number of thiol groups is 1. The number of hydrogen-bond donors (Lipinski definition) is 6. The summed E-state index contributed by atoms with van der Waals surface area (Å²) >= 11 is 9.43. The van der Waals surface area contributed by atoms with Crippen molar-refractivity contribution < 1.29 is 46.9 Å². The van der Waals surface area contributed by atoms with E-state index in [1.54, 1.807) is 12.3 Å².